The third kappa shape index (κ3) is 1.62. The molecule has 3 nitrogen and oxygen atoms in total. The lowest BCUT2D eigenvalue weighted by Crippen LogP contribution is -1.99. The number of rotatable bonds is 2. The standard InChI is InChI=1S/C11H14N2O/c1-8-6-9(10-4-3-5-12-10)11(14-2)13-7-8/h5-7,10H,3-4H2,1-2H3/t10-/m1/s1. The van der Waals surface area contributed by atoms with E-state index in [9.17, 15) is 0 Å². The van der Waals surface area contributed by atoms with Crippen molar-refractivity contribution in [2.75, 3.05) is 7.11 Å². The summed E-state index contributed by atoms with van der Waals surface area (Å²) in [4.78, 5) is 8.66. The maximum absolute atomic E-state index is 5.23. The van der Waals surface area contributed by atoms with E-state index in [1.165, 1.54) is 0 Å². The second-order valence-electron chi connectivity index (χ2n) is 3.54. The van der Waals surface area contributed by atoms with Gasteiger partial charge in [0.15, 0.2) is 0 Å². The molecule has 0 amide bonds. The van der Waals surface area contributed by atoms with Crippen LogP contribution in [0.25, 0.3) is 0 Å². The number of hydrogen-bond acceptors (Lipinski definition) is 3. The zero-order chi connectivity index (χ0) is 9.97. The third-order valence-electron chi connectivity index (χ3n) is 2.42. The Balaban J connectivity index is 2.38. The quantitative estimate of drug-likeness (QED) is 0.717. The number of aliphatic imine (C=N–C) groups is 1. The summed E-state index contributed by atoms with van der Waals surface area (Å²) in [5.41, 5.74) is 2.27. The van der Waals surface area contributed by atoms with Gasteiger partial charge in [0, 0.05) is 11.8 Å². The number of nitrogens with zero attached hydrogens (tertiary/aromatic N) is 2. The van der Waals surface area contributed by atoms with Crippen LogP contribution >= 0.6 is 0 Å². The van der Waals surface area contributed by atoms with Crippen LogP contribution in [0.3, 0.4) is 0 Å². The maximum Gasteiger partial charge on any atom is 0.218 e. The van der Waals surface area contributed by atoms with Crippen LogP contribution in [-0.4, -0.2) is 18.3 Å². The van der Waals surface area contributed by atoms with Gasteiger partial charge in [-0.2, -0.15) is 0 Å². The Morgan fingerprint density at radius 2 is 2.36 bits per heavy atom. The van der Waals surface area contributed by atoms with Gasteiger partial charge in [0.2, 0.25) is 5.88 Å². The Bertz CT molecular complexity index is 360. The fourth-order valence-corrected chi connectivity index (χ4v) is 1.73. The average Bonchev–Trinajstić information content (AvgIpc) is 2.70. The molecule has 14 heavy (non-hydrogen) atoms. The first-order valence-electron chi connectivity index (χ1n) is 4.83. The summed E-state index contributed by atoms with van der Waals surface area (Å²) in [6.45, 7) is 2.04. The Hall–Kier alpha value is -1.38. The first-order valence-corrected chi connectivity index (χ1v) is 4.83. The van der Waals surface area contributed by atoms with Crippen molar-refractivity contribution in [1.29, 1.82) is 0 Å². The second-order valence-corrected chi connectivity index (χ2v) is 3.54. The van der Waals surface area contributed by atoms with Crippen molar-refractivity contribution in [3.05, 3.63) is 23.4 Å². The van der Waals surface area contributed by atoms with Crippen LogP contribution < -0.4 is 4.74 Å². The molecule has 1 aromatic rings. The van der Waals surface area contributed by atoms with Crippen molar-refractivity contribution in [2.45, 2.75) is 25.8 Å². The summed E-state index contributed by atoms with van der Waals surface area (Å²) < 4.78 is 5.23. The molecule has 0 aliphatic carbocycles. The zero-order valence-corrected chi connectivity index (χ0v) is 8.53. The fraction of sp³-hybridized carbons (Fsp3) is 0.455. The van der Waals surface area contributed by atoms with Gasteiger partial charge in [0.05, 0.1) is 13.2 Å². The van der Waals surface area contributed by atoms with Crippen LogP contribution in [0.4, 0.5) is 0 Å². The molecule has 0 bridgehead atoms. The van der Waals surface area contributed by atoms with Crippen molar-refractivity contribution < 1.29 is 4.74 Å². The molecule has 1 aliphatic rings. The minimum absolute atomic E-state index is 0.248. The number of aryl methyl sites for hydroxylation is 1. The monoisotopic (exact) mass is 190 g/mol. The molecule has 0 aromatic carbocycles. The lowest BCUT2D eigenvalue weighted by Gasteiger charge is -2.11. The summed E-state index contributed by atoms with van der Waals surface area (Å²) >= 11 is 0. The second kappa shape index (κ2) is 3.78. The molecular formula is C11H14N2O. The fourth-order valence-electron chi connectivity index (χ4n) is 1.73. The lowest BCUT2D eigenvalue weighted by molar-refractivity contribution is 0.388. The van der Waals surface area contributed by atoms with E-state index in [1.54, 1.807) is 7.11 Å². The number of ether oxygens (including phenoxy) is 1. The van der Waals surface area contributed by atoms with Crippen molar-refractivity contribution in [1.82, 2.24) is 4.98 Å². The largest absolute Gasteiger partial charge is 0.481 e. The first-order chi connectivity index (χ1) is 6.81. The summed E-state index contributed by atoms with van der Waals surface area (Å²) in [6.07, 6.45) is 5.93. The third-order valence-corrected chi connectivity index (χ3v) is 2.42. The highest BCUT2D eigenvalue weighted by Gasteiger charge is 2.18. The molecule has 2 heterocycles. The molecule has 1 atom stereocenters. The van der Waals surface area contributed by atoms with Crippen molar-refractivity contribution in [3.8, 4) is 5.88 Å². The van der Waals surface area contributed by atoms with Crippen molar-refractivity contribution in [2.24, 2.45) is 4.99 Å². The average molecular weight is 190 g/mol. The minimum atomic E-state index is 0.248. The predicted molar refractivity (Wildman–Crippen MR) is 56.0 cm³/mol. The molecule has 0 saturated heterocycles. The SMILES string of the molecule is COc1ncc(C)cc1[C@H]1CCC=N1. The van der Waals surface area contributed by atoms with Gasteiger partial charge in [0.25, 0.3) is 0 Å². The minimum Gasteiger partial charge on any atom is -0.481 e. The van der Waals surface area contributed by atoms with Gasteiger partial charge in [-0.15, -0.1) is 0 Å². The van der Waals surface area contributed by atoms with Crippen LogP contribution in [-0.2, 0) is 0 Å². The van der Waals surface area contributed by atoms with E-state index in [-0.39, 0.29) is 6.04 Å². The molecule has 74 valence electrons. The summed E-state index contributed by atoms with van der Waals surface area (Å²) in [5, 5.41) is 0. The molecule has 1 aromatic heterocycles. The van der Waals surface area contributed by atoms with Gasteiger partial charge in [-0.05, 0) is 37.6 Å². The molecule has 0 N–H and O–H groups in total. The highest BCUT2D eigenvalue weighted by atomic mass is 16.5. The predicted octanol–water partition coefficient (Wildman–Crippen LogP) is 2.30. The van der Waals surface area contributed by atoms with E-state index < -0.39 is 0 Å². The molecule has 0 fully saturated rings. The number of hydrogen-bond donors (Lipinski definition) is 0. The summed E-state index contributed by atoms with van der Waals surface area (Å²) in [7, 11) is 1.65. The highest BCUT2D eigenvalue weighted by Crippen LogP contribution is 2.32. The molecule has 0 radical (unpaired) electrons. The molecule has 0 spiro atoms. The van der Waals surface area contributed by atoms with E-state index in [1.807, 2.05) is 19.3 Å². The van der Waals surface area contributed by atoms with E-state index in [4.69, 9.17) is 4.74 Å². The normalized spacial score (nSPS) is 20.0. The highest BCUT2D eigenvalue weighted by molar-refractivity contribution is 5.60. The van der Waals surface area contributed by atoms with Crippen LogP contribution in [0.2, 0.25) is 0 Å². The molecule has 1 aliphatic heterocycles. The van der Waals surface area contributed by atoms with E-state index in [0.717, 1.165) is 24.0 Å². The number of methoxy groups -OCH3 is 1. The molecule has 0 saturated carbocycles. The van der Waals surface area contributed by atoms with E-state index in [2.05, 4.69) is 16.0 Å². The van der Waals surface area contributed by atoms with E-state index in [0.29, 0.717) is 5.88 Å². The smallest absolute Gasteiger partial charge is 0.218 e. The number of aromatic nitrogens is 1. The van der Waals surface area contributed by atoms with Crippen molar-refractivity contribution >= 4 is 6.21 Å². The van der Waals surface area contributed by atoms with Gasteiger partial charge < -0.3 is 4.74 Å². The Morgan fingerprint density at radius 3 is 3.00 bits per heavy atom. The van der Waals surface area contributed by atoms with Gasteiger partial charge in [-0.1, -0.05) is 0 Å². The Kier molecular flexibility index (Phi) is 2.48. The van der Waals surface area contributed by atoms with Crippen molar-refractivity contribution in [3.63, 3.8) is 0 Å². The molecule has 0 unspecified atom stereocenters. The van der Waals surface area contributed by atoms with Crippen LogP contribution in [0.15, 0.2) is 17.3 Å². The zero-order valence-electron chi connectivity index (χ0n) is 8.53. The van der Waals surface area contributed by atoms with Crippen LogP contribution in [0.1, 0.15) is 30.0 Å². The van der Waals surface area contributed by atoms with Gasteiger partial charge >= 0.3 is 0 Å². The topological polar surface area (TPSA) is 34.5 Å². The first kappa shape index (κ1) is 9.19. The molecule has 3 heteroatoms. The lowest BCUT2D eigenvalue weighted by atomic mass is 10.1. The van der Waals surface area contributed by atoms with Crippen LogP contribution in [0, 0.1) is 6.92 Å². The van der Waals surface area contributed by atoms with E-state index >= 15 is 0 Å². The Labute approximate surface area is 83.8 Å². The molecule has 2 rings (SSSR count). The summed E-state index contributed by atoms with van der Waals surface area (Å²) in [6, 6.07) is 2.36. The van der Waals surface area contributed by atoms with Gasteiger partial charge in [0.1, 0.15) is 0 Å². The summed E-state index contributed by atoms with van der Waals surface area (Å²) in [5.74, 6) is 0.708. The maximum atomic E-state index is 5.23. The van der Waals surface area contributed by atoms with Gasteiger partial charge in [-0.3, -0.25) is 4.99 Å². The molecular weight excluding hydrogens is 176 g/mol. The van der Waals surface area contributed by atoms with Crippen LogP contribution in [0.5, 0.6) is 5.88 Å². The van der Waals surface area contributed by atoms with Gasteiger partial charge in [-0.25, -0.2) is 4.98 Å². The Morgan fingerprint density at radius 1 is 1.50 bits per heavy atom. The number of pyridine rings is 1.